The highest BCUT2D eigenvalue weighted by Gasteiger charge is 2.19. The van der Waals surface area contributed by atoms with Gasteiger partial charge in [-0.1, -0.05) is 29.8 Å². The van der Waals surface area contributed by atoms with E-state index in [1.807, 2.05) is 0 Å². The highest BCUT2D eigenvalue weighted by atomic mass is 35.5. The fraction of sp³-hybridized carbons (Fsp3) is 0.143. The van der Waals surface area contributed by atoms with Crippen LogP contribution in [0.15, 0.2) is 41.8 Å². The molecule has 2 rings (SSSR count). The van der Waals surface area contributed by atoms with E-state index in [9.17, 15) is 9.59 Å². The molecule has 0 saturated carbocycles. The molecule has 6 heteroatoms. The lowest BCUT2D eigenvalue weighted by Crippen LogP contribution is -2.34. The molecule has 0 spiro atoms. The Morgan fingerprint density at radius 3 is 2.45 bits per heavy atom. The molecule has 1 heterocycles. The molecule has 4 nitrogen and oxygen atoms in total. The first-order valence-corrected chi connectivity index (χ1v) is 7.11. The molecule has 0 radical (unpaired) electrons. The molecule has 0 unspecified atom stereocenters. The Labute approximate surface area is 125 Å². The molecule has 0 aliphatic carbocycles. The first-order valence-electron chi connectivity index (χ1n) is 5.85. The lowest BCUT2D eigenvalue weighted by molar-refractivity contribution is -0.137. The molecular weight excluding hydrogens is 298 g/mol. The summed E-state index contributed by atoms with van der Waals surface area (Å²) in [6.45, 7) is -0.0977. The quantitative estimate of drug-likeness (QED) is 0.923. The first kappa shape index (κ1) is 14.6. The highest BCUT2D eigenvalue weighted by Crippen LogP contribution is 2.16. The summed E-state index contributed by atoms with van der Waals surface area (Å²) < 4.78 is 0. The number of carbonyl (C=O) groups is 2. The van der Waals surface area contributed by atoms with E-state index >= 15 is 0 Å². The van der Waals surface area contributed by atoms with Gasteiger partial charge < -0.3 is 10.0 Å². The van der Waals surface area contributed by atoms with Crippen molar-refractivity contribution in [3.8, 4) is 0 Å². The van der Waals surface area contributed by atoms with Gasteiger partial charge in [-0.15, -0.1) is 11.3 Å². The number of benzene rings is 1. The molecule has 1 aromatic heterocycles. The third-order valence-corrected chi connectivity index (χ3v) is 3.74. The zero-order chi connectivity index (χ0) is 14.5. The third kappa shape index (κ3) is 3.82. The second-order valence-corrected chi connectivity index (χ2v) is 5.54. The molecule has 0 aliphatic heterocycles. The van der Waals surface area contributed by atoms with Crippen LogP contribution < -0.4 is 0 Å². The minimum absolute atomic E-state index is 0.236. The van der Waals surface area contributed by atoms with Crippen LogP contribution in [0.2, 0.25) is 5.02 Å². The molecule has 0 atom stereocenters. The van der Waals surface area contributed by atoms with Gasteiger partial charge in [0.05, 0.1) is 4.88 Å². The van der Waals surface area contributed by atoms with Gasteiger partial charge >= 0.3 is 5.97 Å². The summed E-state index contributed by atoms with van der Waals surface area (Å²) in [5.41, 5.74) is 0.834. The van der Waals surface area contributed by atoms with Gasteiger partial charge in [-0.25, -0.2) is 0 Å². The largest absolute Gasteiger partial charge is 0.480 e. The molecule has 0 saturated heterocycles. The molecule has 1 N–H and O–H groups in total. The summed E-state index contributed by atoms with van der Waals surface area (Å²) in [7, 11) is 0. The predicted molar refractivity (Wildman–Crippen MR) is 78.1 cm³/mol. The number of thiophene rings is 1. The Hall–Kier alpha value is -1.85. The van der Waals surface area contributed by atoms with E-state index in [1.54, 1.807) is 41.8 Å². The van der Waals surface area contributed by atoms with Crippen molar-refractivity contribution < 1.29 is 14.7 Å². The van der Waals surface area contributed by atoms with Crippen molar-refractivity contribution in [3.05, 3.63) is 57.2 Å². The van der Waals surface area contributed by atoms with Gasteiger partial charge in [0.2, 0.25) is 0 Å². The number of hydrogen-bond acceptors (Lipinski definition) is 3. The maximum absolute atomic E-state index is 12.3. The predicted octanol–water partition coefficient (Wildman–Crippen LogP) is 3.13. The van der Waals surface area contributed by atoms with E-state index in [0.717, 1.165) is 5.56 Å². The van der Waals surface area contributed by atoms with Crippen LogP contribution >= 0.6 is 22.9 Å². The van der Waals surface area contributed by atoms with Gasteiger partial charge in [-0.2, -0.15) is 0 Å². The van der Waals surface area contributed by atoms with Gasteiger partial charge in [0.15, 0.2) is 0 Å². The number of hydrogen-bond donors (Lipinski definition) is 1. The van der Waals surface area contributed by atoms with E-state index in [4.69, 9.17) is 16.7 Å². The van der Waals surface area contributed by atoms with Gasteiger partial charge in [0.25, 0.3) is 5.91 Å². The van der Waals surface area contributed by atoms with Crippen LogP contribution in [0.4, 0.5) is 0 Å². The lowest BCUT2D eigenvalue weighted by atomic mass is 10.2. The van der Waals surface area contributed by atoms with Crippen LogP contribution in [0, 0.1) is 0 Å². The fourth-order valence-electron chi connectivity index (χ4n) is 1.73. The highest BCUT2D eigenvalue weighted by molar-refractivity contribution is 7.12. The average Bonchev–Trinajstić information content (AvgIpc) is 2.93. The van der Waals surface area contributed by atoms with Crippen molar-refractivity contribution >= 4 is 34.8 Å². The molecule has 0 bridgehead atoms. The Morgan fingerprint density at radius 2 is 1.90 bits per heavy atom. The zero-order valence-corrected chi connectivity index (χ0v) is 12.0. The second kappa shape index (κ2) is 6.54. The van der Waals surface area contributed by atoms with Crippen molar-refractivity contribution in [2.45, 2.75) is 6.54 Å². The van der Waals surface area contributed by atoms with Crippen molar-refractivity contribution in [1.82, 2.24) is 4.90 Å². The number of rotatable bonds is 5. The van der Waals surface area contributed by atoms with Crippen molar-refractivity contribution in [2.24, 2.45) is 0 Å². The molecular formula is C14H12ClNO3S. The van der Waals surface area contributed by atoms with E-state index in [1.165, 1.54) is 16.2 Å². The zero-order valence-electron chi connectivity index (χ0n) is 10.5. The van der Waals surface area contributed by atoms with E-state index < -0.39 is 5.97 Å². The topological polar surface area (TPSA) is 57.6 Å². The van der Waals surface area contributed by atoms with Crippen molar-refractivity contribution in [3.63, 3.8) is 0 Å². The number of halogens is 1. The van der Waals surface area contributed by atoms with Crippen LogP contribution in [0.1, 0.15) is 15.2 Å². The van der Waals surface area contributed by atoms with Gasteiger partial charge in [-0.05, 0) is 29.1 Å². The molecule has 0 aliphatic rings. The third-order valence-electron chi connectivity index (χ3n) is 2.63. The Morgan fingerprint density at radius 1 is 1.20 bits per heavy atom. The summed E-state index contributed by atoms with van der Waals surface area (Å²) >= 11 is 7.10. The first-order chi connectivity index (χ1) is 9.56. The van der Waals surface area contributed by atoms with Crippen LogP contribution in [0.3, 0.4) is 0 Å². The summed E-state index contributed by atoms with van der Waals surface area (Å²) in [4.78, 5) is 25.0. The Balaban J connectivity index is 2.17. The van der Waals surface area contributed by atoms with Crippen LogP contribution in [-0.4, -0.2) is 28.4 Å². The number of carboxylic acid groups (broad SMARTS) is 1. The second-order valence-electron chi connectivity index (χ2n) is 4.16. The monoisotopic (exact) mass is 309 g/mol. The molecule has 1 aromatic carbocycles. The van der Waals surface area contributed by atoms with E-state index in [-0.39, 0.29) is 19.0 Å². The molecule has 2 aromatic rings. The minimum Gasteiger partial charge on any atom is -0.480 e. The lowest BCUT2D eigenvalue weighted by Gasteiger charge is -2.20. The Kier molecular flexibility index (Phi) is 4.76. The SMILES string of the molecule is O=C(O)CN(Cc1ccc(Cl)cc1)C(=O)c1cccs1. The van der Waals surface area contributed by atoms with E-state index in [2.05, 4.69) is 0 Å². The average molecular weight is 310 g/mol. The summed E-state index contributed by atoms with van der Waals surface area (Å²) in [5, 5.41) is 11.3. The number of carboxylic acids is 1. The summed E-state index contributed by atoms with van der Waals surface area (Å²) in [5.74, 6) is -1.32. The molecule has 104 valence electrons. The van der Waals surface area contributed by atoms with Gasteiger partial charge in [-0.3, -0.25) is 9.59 Å². The summed E-state index contributed by atoms with van der Waals surface area (Å²) in [6, 6.07) is 10.4. The van der Waals surface area contributed by atoms with Crippen LogP contribution in [0.5, 0.6) is 0 Å². The van der Waals surface area contributed by atoms with E-state index in [0.29, 0.717) is 9.90 Å². The number of aliphatic carboxylic acids is 1. The van der Waals surface area contributed by atoms with Crippen LogP contribution in [-0.2, 0) is 11.3 Å². The normalized spacial score (nSPS) is 10.2. The standard InChI is InChI=1S/C14H12ClNO3S/c15-11-5-3-10(4-6-11)8-16(9-13(17)18)14(19)12-2-1-7-20-12/h1-7H,8-9H2,(H,17,18). The maximum atomic E-state index is 12.3. The molecule has 1 amide bonds. The molecule has 20 heavy (non-hydrogen) atoms. The number of carbonyl (C=O) groups excluding carboxylic acids is 1. The smallest absolute Gasteiger partial charge is 0.323 e. The Bertz CT molecular complexity index is 595. The van der Waals surface area contributed by atoms with Crippen molar-refractivity contribution in [2.75, 3.05) is 6.54 Å². The molecule has 0 fully saturated rings. The van der Waals surface area contributed by atoms with Gasteiger partial charge in [0, 0.05) is 11.6 Å². The van der Waals surface area contributed by atoms with Gasteiger partial charge in [0.1, 0.15) is 6.54 Å². The maximum Gasteiger partial charge on any atom is 0.323 e. The number of nitrogens with zero attached hydrogens (tertiary/aromatic N) is 1. The van der Waals surface area contributed by atoms with Crippen molar-refractivity contribution in [1.29, 1.82) is 0 Å². The van der Waals surface area contributed by atoms with Crippen LogP contribution in [0.25, 0.3) is 0 Å². The number of amides is 1. The minimum atomic E-state index is -1.04. The fourth-order valence-corrected chi connectivity index (χ4v) is 2.55. The summed E-state index contributed by atoms with van der Waals surface area (Å²) in [6.07, 6.45) is 0.